The minimum absolute atomic E-state index is 0.0757. The molecule has 8 heteroatoms. The zero-order valence-corrected chi connectivity index (χ0v) is 15.4. The van der Waals surface area contributed by atoms with Gasteiger partial charge in [-0.15, -0.1) is 11.3 Å². The van der Waals surface area contributed by atoms with Gasteiger partial charge in [0.1, 0.15) is 0 Å². The average Bonchev–Trinajstić information content (AvgIpc) is 3.24. The highest BCUT2D eigenvalue weighted by atomic mass is 32.1. The maximum absolute atomic E-state index is 13.1. The van der Waals surface area contributed by atoms with E-state index in [2.05, 4.69) is 10.3 Å². The van der Waals surface area contributed by atoms with Crippen molar-refractivity contribution in [3.05, 3.63) is 76.9 Å². The summed E-state index contributed by atoms with van der Waals surface area (Å²) < 4.78 is 41.1. The number of anilines is 1. The molecule has 0 aliphatic carbocycles. The van der Waals surface area contributed by atoms with E-state index in [0.717, 1.165) is 17.7 Å². The normalized spacial score (nSPS) is 11.7. The molecule has 0 unspecified atom stereocenters. The Bertz CT molecular complexity index is 1160. The number of carbonyl (C=O) groups excluding carboxylic acids is 1. The van der Waals surface area contributed by atoms with Gasteiger partial charge < -0.3 is 5.32 Å². The van der Waals surface area contributed by atoms with Gasteiger partial charge >= 0.3 is 6.18 Å². The Morgan fingerprint density at radius 2 is 1.89 bits per heavy atom. The van der Waals surface area contributed by atoms with E-state index < -0.39 is 17.6 Å². The molecular weight excluding hydrogens is 387 g/mol. The number of hydrogen-bond donors (Lipinski definition) is 1. The number of rotatable bonds is 3. The zero-order valence-electron chi connectivity index (χ0n) is 14.6. The van der Waals surface area contributed by atoms with Gasteiger partial charge in [-0.2, -0.15) is 13.2 Å². The number of halogens is 3. The number of hydrogen-bond acceptors (Lipinski definition) is 3. The molecule has 0 saturated carbocycles. The number of carbonyl (C=O) groups is 1. The summed E-state index contributed by atoms with van der Waals surface area (Å²) in [6, 6.07) is 12.1. The second kappa shape index (κ2) is 6.79. The molecular formula is C20H14F3N3OS. The smallest absolute Gasteiger partial charge is 0.321 e. The van der Waals surface area contributed by atoms with E-state index in [-0.39, 0.29) is 11.3 Å². The van der Waals surface area contributed by atoms with E-state index in [1.165, 1.54) is 17.4 Å². The van der Waals surface area contributed by atoms with Crippen molar-refractivity contribution in [2.75, 3.05) is 5.32 Å². The maximum Gasteiger partial charge on any atom is 0.416 e. The number of nitrogens with one attached hydrogen (secondary N) is 1. The molecule has 0 bridgehead atoms. The van der Waals surface area contributed by atoms with Crippen LogP contribution in [0.15, 0.2) is 60.1 Å². The van der Waals surface area contributed by atoms with Crippen LogP contribution in [0, 0.1) is 6.92 Å². The first-order valence-corrected chi connectivity index (χ1v) is 9.22. The Kier molecular flexibility index (Phi) is 4.43. The highest BCUT2D eigenvalue weighted by Gasteiger charge is 2.31. The number of aryl methyl sites for hydroxylation is 1. The van der Waals surface area contributed by atoms with Crippen LogP contribution in [0.5, 0.6) is 0 Å². The first-order valence-electron chi connectivity index (χ1n) is 8.34. The quantitative estimate of drug-likeness (QED) is 0.483. The van der Waals surface area contributed by atoms with Crippen LogP contribution in [0.4, 0.5) is 18.9 Å². The summed E-state index contributed by atoms with van der Waals surface area (Å²) in [5.41, 5.74) is 1.53. The summed E-state index contributed by atoms with van der Waals surface area (Å²) in [5.74, 6) is -0.479. The van der Waals surface area contributed by atoms with Gasteiger partial charge in [0.05, 0.1) is 11.3 Å². The van der Waals surface area contributed by atoms with Crippen molar-refractivity contribution in [2.45, 2.75) is 13.1 Å². The van der Waals surface area contributed by atoms with Crippen LogP contribution in [0.25, 0.3) is 16.2 Å². The van der Waals surface area contributed by atoms with Crippen molar-refractivity contribution in [2.24, 2.45) is 0 Å². The molecule has 28 heavy (non-hydrogen) atoms. The summed E-state index contributed by atoms with van der Waals surface area (Å²) >= 11 is 1.30. The van der Waals surface area contributed by atoms with Crippen LogP contribution in [0.2, 0.25) is 0 Å². The Morgan fingerprint density at radius 3 is 2.61 bits per heavy atom. The third-order valence-electron chi connectivity index (χ3n) is 4.25. The molecule has 0 spiro atoms. The molecule has 4 aromatic rings. The van der Waals surface area contributed by atoms with E-state index >= 15 is 0 Å². The summed E-state index contributed by atoms with van der Waals surface area (Å²) in [6.07, 6.45) is -2.79. The standard InChI is InChI=1S/C20H14F3N3OS/c1-12-5-7-15(8-6-12)24-18(27)16-17(26-9-10-28-19(26)25-16)13-3-2-4-14(11-13)20(21,22)23/h2-11H,1H3,(H,24,27). The van der Waals surface area contributed by atoms with Gasteiger partial charge in [0, 0.05) is 22.8 Å². The minimum atomic E-state index is -4.47. The Morgan fingerprint density at radius 1 is 1.14 bits per heavy atom. The molecule has 4 nitrogen and oxygen atoms in total. The lowest BCUT2D eigenvalue weighted by Crippen LogP contribution is -2.14. The predicted molar refractivity (Wildman–Crippen MR) is 103 cm³/mol. The number of aromatic nitrogens is 2. The highest BCUT2D eigenvalue weighted by molar-refractivity contribution is 7.15. The van der Waals surface area contributed by atoms with Crippen LogP contribution in [0.3, 0.4) is 0 Å². The third-order valence-corrected chi connectivity index (χ3v) is 5.01. The molecule has 0 fully saturated rings. The summed E-state index contributed by atoms with van der Waals surface area (Å²) in [5, 5.41) is 4.52. The summed E-state index contributed by atoms with van der Waals surface area (Å²) in [4.78, 5) is 17.7. The van der Waals surface area contributed by atoms with Crippen LogP contribution in [0.1, 0.15) is 21.6 Å². The van der Waals surface area contributed by atoms with E-state index in [4.69, 9.17) is 0 Å². The Hall–Kier alpha value is -3.13. The molecule has 142 valence electrons. The van der Waals surface area contributed by atoms with Crippen molar-refractivity contribution in [3.8, 4) is 11.3 Å². The van der Waals surface area contributed by atoms with Gasteiger partial charge in [0.2, 0.25) is 0 Å². The van der Waals surface area contributed by atoms with Crippen LogP contribution in [-0.2, 0) is 6.18 Å². The fourth-order valence-electron chi connectivity index (χ4n) is 2.89. The molecule has 0 saturated heterocycles. The fourth-order valence-corrected chi connectivity index (χ4v) is 3.60. The second-order valence-corrected chi connectivity index (χ2v) is 7.14. The van der Waals surface area contributed by atoms with Gasteiger partial charge in [-0.05, 0) is 31.2 Å². The number of nitrogens with zero attached hydrogens (tertiary/aromatic N) is 2. The molecule has 2 aromatic heterocycles. The van der Waals surface area contributed by atoms with Gasteiger partial charge in [-0.3, -0.25) is 9.20 Å². The predicted octanol–water partition coefficient (Wildman–Crippen LogP) is 5.64. The second-order valence-electron chi connectivity index (χ2n) is 6.26. The first kappa shape index (κ1) is 18.2. The molecule has 1 amide bonds. The van der Waals surface area contributed by atoms with Gasteiger partial charge in [0.15, 0.2) is 10.7 Å². The molecule has 0 aliphatic heterocycles. The van der Waals surface area contributed by atoms with E-state index in [1.54, 1.807) is 34.2 Å². The monoisotopic (exact) mass is 401 g/mol. The number of benzene rings is 2. The van der Waals surface area contributed by atoms with Crippen LogP contribution < -0.4 is 5.32 Å². The topological polar surface area (TPSA) is 46.4 Å². The van der Waals surface area contributed by atoms with Crippen LogP contribution >= 0.6 is 11.3 Å². The van der Waals surface area contributed by atoms with Crippen molar-refractivity contribution in [1.82, 2.24) is 9.38 Å². The van der Waals surface area contributed by atoms with Gasteiger partial charge in [-0.1, -0.05) is 29.8 Å². The number of amides is 1. The molecule has 2 heterocycles. The Labute approximate surface area is 162 Å². The summed E-state index contributed by atoms with van der Waals surface area (Å²) in [7, 11) is 0. The van der Waals surface area contributed by atoms with E-state index in [0.29, 0.717) is 16.3 Å². The largest absolute Gasteiger partial charge is 0.416 e. The molecule has 0 radical (unpaired) electrons. The van der Waals surface area contributed by atoms with Crippen molar-refractivity contribution >= 4 is 27.9 Å². The fraction of sp³-hybridized carbons (Fsp3) is 0.100. The van der Waals surface area contributed by atoms with Gasteiger partial charge in [0.25, 0.3) is 5.91 Å². The van der Waals surface area contributed by atoms with Crippen molar-refractivity contribution in [1.29, 1.82) is 0 Å². The lowest BCUT2D eigenvalue weighted by Gasteiger charge is -2.10. The van der Waals surface area contributed by atoms with Crippen LogP contribution in [-0.4, -0.2) is 15.3 Å². The SMILES string of the molecule is Cc1ccc(NC(=O)c2nc3sccn3c2-c2cccc(C(F)(F)F)c2)cc1. The highest BCUT2D eigenvalue weighted by Crippen LogP contribution is 2.34. The average molecular weight is 401 g/mol. The maximum atomic E-state index is 13.1. The van der Waals surface area contributed by atoms with Crippen molar-refractivity contribution < 1.29 is 18.0 Å². The minimum Gasteiger partial charge on any atom is -0.321 e. The lowest BCUT2D eigenvalue weighted by atomic mass is 10.1. The lowest BCUT2D eigenvalue weighted by molar-refractivity contribution is -0.137. The molecule has 4 rings (SSSR count). The molecule has 0 atom stereocenters. The number of thiazole rings is 1. The number of fused-ring (bicyclic) bond motifs is 1. The number of imidazole rings is 1. The number of alkyl halides is 3. The first-order chi connectivity index (χ1) is 13.3. The van der Waals surface area contributed by atoms with E-state index in [9.17, 15) is 18.0 Å². The Balaban J connectivity index is 1.79. The molecule has 1 N–H and O–H groups in total. The van der Waals surface area contributed by atoms with Gasteiger partial charge in [-0.25, -0.2) is 4.98 Å². The summed E-state index contributed by atoms with van der Waals surface area (Å²) in [6.45, 7) is 1.93. The molecule has 2 aromatic carbocycles. The van der Waals surface area contributed by atoms with Crippen molar-refractivity contribution in [3.63, 3.8) is 0 Å². The van der Waals surface area contributed by atoms with E-state index in [1.807, 2.05) is 19.1 Å². The zero-order chi connectivity index (χ0) is 19.9. The molecule has 0 aliphatic rings. The third kappa shape index (κ3) is 3.38.